The summed E-state index contributed by atoms with van der Waals surface area (Å²) in [5.41, 5.74) is 8.32. The van der Waals surface area contributed by atoms with Gasteiger partial charge in [0.25, 0.3) is 0 Å². The van der Waals surface area contributed by atoms with Crippen molar-refractivity contribution >= 4 is 5.82 Å². The normalized spacial score (nSPS) is 21.8. The molecule has 1 saturated heterocycles. The van der Waals surface area contributed by atoms with Gasteiger partial charge in [-0.15, -0.1) is 0 Å². The van der Waals surface area contributed by atoms with Gasteiger partial charge in [-0.05, 0) is 32.7 Å². The topological polar surface area (TPSA) is 47.1 Å². The largest absolute Gasteiger partial charge is 0.384 e. The Bertz CT molecular complexity index is 369. The second-order valence-electron chi connectivity index (χ2n) is 4.75. The monoisotopic (exact) mass is 222 g/mol. The van der Waals surface area contributed by atoms with Crippen LogP contribution in [0.3, 0.4) is 0 Å². The van der Waals surface area contributed by atoms with Crippen LogP contribution in [0.5, 0.6) is 0 Å². The smallest absolute Gasteiger partial charge is 0.126 e. The molecule has 0 saturated carbocycles. The molecule has 4 nitrogen and oxygen atoms in total. The van der Waals surface area contributed by atoms with Gasteiger partial charge in [-0.1, -0.05) is 6.92 Å². The molecule has 1 unspecified atom stereocenters. The van der Waals surface area contributed by atoms with Gasteiger partial charge in [-0.25, -0.2) is 0 Å². The fourth-order valence-corrected chi connectivity index (χ4v) is 2.68. The predicted molar refractivity (Wildman–Crippen MR) is 66.1 cm³/mol. The van der Waals surface area contributed by atoms with Gasteiger partial charge in [0.15, 0.2) is 0 Å². The van der Waals surface area contributed by atoms with Crippen molar-refractivity contribution in [1.29, 1.82) is 0 Å². The van der Waals surface area contributed by atoms with E-state index < -0.39 is 0 Å². The van der Waals surface area contributed by atoms with Crippen LogP contribution in [0.15, 0.2) is 0 Å². The van der Waals surface area contributed by atoms with E-state index in [0.29, 0.717) is 0 Å². The average molecular weight is 222 g/mol. The summed E-state index contributed by atoms with van der Waals surface area (Å²) in [5, 5.41) is 4.37. The average Bonchev–Trinajstić information content (AvgIpc) is 2.79. The maximum atomic E-state index is 6.04. The van der Waals surface area contributed by atoms with Crippen LogP contribution in [-0.4, -0.2) is 27.3 Å². The van der Waals surface area contributed by atoms with Crippen LogP contribution in [0.1, 0.15) is 37.4 Å². The first kappa shape index (κ1) is 11.5. The number of aromatic nitrogens is 2. The van der Waals surface area contributed by atoms with Gasteiger partial charge in [0.05, 0.1) is 5.69 Å². The molecule has 0 bridgehead atoms. The molecule has 4 heteroatoms. The standard InChI is InChI=1S/C12H22N4/c1-4-10-6-5-7-16(10)8-11-9(2)14-15(3)12(11)13/h10H,4-8,13H2,1-3H3. The van der Waals surface area contributed by atoms with Crippen LogP contribution < -0.4 is 5.73 Å². The van der Waals surface area contributed by atoms with Crippen LogP contribution in [0.25, 0.3) is 0 Å². The van der Waals surface area contributed by atoms with E-state index in [-0.39, 0.29) is 0 Å². The maximum Gasteiger partial charge on any atom is 0.126 e. The van der Waals surface area contributed by atoms with Crippen molar-refractivity contribution in [2.75, 3.05) is 12.3 Å². The fourth-order valence-electron chi connectivity index (χ4n) is 2.68. The zero-order valence-electron chi connectivity index (χ0n) is 10.5. The third kappa shape index (κ3) is 1.94. The Kier molecular flexibility index (Phi) is 3.19. The molecule has 2 heterocycles. The molecule has 1 atom stereocenters. The maximum absolute atomic E-state index is 6.04. The molecule has 0 radical (unpaired) electrons. The first-order valence-corrected chi connectivity index (χ1v) is 6.15. The summed E-state index contributed by atoms with van der Waals surface area (Å²) in [7, 11) is 1.91. The Labute approximate surface area is 97.4 Å². The third-order valence-corrected chi connectivity index (χ3v) is 3.73. The Morgan fingerprint density at radius 2 is 2.25 bits per heavy atom. The Hall–Kier alpha value is -1.03. The van der Waals surface area contributed by atoms with E-state index in [1.165, 1.54) is 31.4 Å². The molecule has 1 aromatic heterocycles. The van der Waals surface area contributed by atoms with Gasteiger partial charge < -0.3 is 5.73 Å². The summed E-state index contributed by atoms with van der Waals surface area (Å²) in [6, 6.07) is 0.735. The first-order valence-electron chi connectivity index (χ1n) is 6.15. The van der Waals surface area contributed by atoms with Crippen LogP contribution in [0.4, 0.5) is 5.82 Å². The highest BCUT2D eigenvalue weighted by Crippen LogP contribution is 2.25. The van der Waals surface area contributed by atoms with Crippen molar-refractivity contribution in [1.82, 2.24) is 14.7 Å². The molecular weight excluding hydrogens is 200 g/mol. The van der Waals surface area contributed by atoms with Crippen LogP contribution in [0.2, 0.25) is 0 Å². The van der Waals surface area contributed by atoms with Crippen LogP contribution in [-0.2, 0) is 13.6 Å². The van der Waals surface area contributed by atoms with E-state index in [0.717, 1.165) is 24.1 Å². The molecule has 1 aromatic rings. The molecule has 0 aliphatic carbocycles. The van der Waals surface area contributed by atoms with Crippen molar-refractivity contribution in [3.8, 4) is 0 Å². The molecule has 2 N–H and O–H groups in total. The first-order chi connectivity index (χ1) is 7.63. The van der Waals surface area contributed by atoms with E-state index in [9.17, 15) is 0 Å². The molecule has 0 aromatic carbocycles. The molecular formula is C12H22N4. The Morgan fingerprint density at radius 1 is 1.50 bits per heavy atom. The number of nitrogen functional groups attached to an aromatic ring is 1. The quantitative estimate of drug-likeness (QED) is 0.846. The number of rotatable bonds is 3. The number of nitrogens with zero attached hydrogens (tertiary/aromatic N) is 3. The number of nitrogens with two attached hydrogens (primary N) is 1. The summed E-state index contributed by atoms with van der Waals surface area (Å²) in [4.78, 5) is 2.54. The summed E-state index contributed by atoms with van der Waals surface area (Å²) >= 11 is 0. The number of anilines is 1. The van der Waals surface area contributed by atoms with Crippen molar-refractivity contribution in [2.45, 2.75) is 45.7 Å². The Morgan fingerprint density at radius 3 is 2.81 bits per heavy atom. The lowest BCUT2D eigenvalue weighted by molar-refractivity contribution is 0.240. The van der Waals surface area contributed by atoms with Gasteiger partial charge >= 0.3 is 0 Å². The van der Waals surface area contributed by atoms with Gasteiger partial charge in [0.1, 0.15) is 5.82 Å². The number of likely N-dealkylation sites (tertiary alicyclic amines) is 1. The predicted octanol–water partition coefficient (Wildman–Crippen LogP) is 1.69. The highest BCUT2D eigenvalue weighted by molar-refractivity contribution is 5.42. The van der Waals surface area contributed by atoms with E-state index in [1.807, 2.05) is 14.0 Å². The number of hydrogen-bond acceptors (Lipinski definition) is 3. The lowest BCUT2D eigenvalue weighted by Crippen LogP contribution is -2.28. The van der Waals surface area contributed by atoms with Gasteiger partial charge in [0.2, 0.25) is 0 Å². The number of hydrogen-bond donors (Lipinski definition) is 1. The summed E-state index contributed by atoms with van der Waals surface area (Å²) < 4.78 is 1.78. The zero-order chi connectivity index (χ0) is 11.7. The molecule has 1 aliphatic rings. The van der Waals surface area contributed by atoms with Crippen molar-refractivity contribution in [3.63, 3.8) is 0 Å². The second-order valence-corrected chi connectivity index (χ2v) is 4.75. The van der Waals surface area contributed by atoms with Crippen molar-refractivity contribution in [3.05, 3.63) is 11.3 Å². The van der Waals surface area contributed by atoms with Crippen molar-refractivity contribution in [2.24, 2.45) is 7.05 Å². The van der Waals surface area contributed by atoms with Crippen LogP contribution in [0, 0.1) is 6.92 Å². The molecule has 1 aliphatic heterocycles. The minimum atomic E-state index is 0.735. The third-order valence-electron chi connectivity index (χ3n) is 3.73. The highest BCUT2D eigenvalue weighted by atomic mass is 15.3. The van der Waals surface area contributed by atoms with Crippen molar-refractivity contribution < 1.29 is 0 Å². The van der Waals surface area contributed by atoms with E-state index >= 15 is 0 Å². The zero-order valence-corrected chi connectivity index (χ0v) is 10.5. The molecule has 90 valence electrons. The molecule has 1 fully saturated rings. The van der Waals surface area contributed by atoms with E-state index in [1.54, 1.807) is 4.68 Å². The van der Waals surface area contributed by atoms with Gasteiger partial charge in [0, 0.05) is 25.2 Å². The molecule has 16 heavy (non-hydrogen) atoms. The fraction of sp³-hybridized carbons (Fsp3) is 0.750. The molecule has 2 rings (SSSR count). The second kappa shape index (κ2) is 4.45. The summed E-state index contributed by atoms with van der Waals surface area (Å²) in [5.74, 6) is 0.819. The van der Waals surface area contributed by atoms with E-state index in [2.05, 4.69) is 16.9 Å². The lowest BCUT2D eigenvalue weighted by atomic mass is 10.1. The number of aryl methyl sites for hydroxylation is 2. The van der Waals surface area contributed by atoms with Gasteiger partial charge in [-0.2, -0.15) is 5.10 Å². The summed E-state index contributed by atoms with van der Waals surface area (Å²) in [6.07, 6.45) is 3.88. The van der Waals surface area contributed by atoms with Gasteiger partial charge in [-0.3, -0.25) is 9.58 Å². The molecule has 0 amide bonds. The minimum Gasteiger partial charge on any atom is -0.384 e. The minimum absolute atomic E-state index is 0.735. The SMILES string of the molecule is CCC1CCCN1Cc1c(C)nn(C)c1N. The lowest BCUT2D eigenvalue weighted by Gasteiger charge is -2.23. The van der Waals surface area contributed by atoms with Crippen LogP contribution >= 0.6 is 0 Å². The molecule has 0 spiro atoms. The highest BCUT2D eigenvalue weighted by Gasteiger charge is 2.24. The summed E-state index contributed by atoms with van der Waals surface area (Å²) in [6.45, 7) is 6.47. The Balaban J connectivity index is 2.14. The van der Waals surface area contributed by atoms with E-state index in [4.69, 9.17) is 5.73 Å².